The number of nitrogens with zero attached hydrogens (tertiary/aromatic N) is 1. The summed E-state index contributed by atoms with van der Waals surface area (Å²) in [7, 11) is 0. The van der Waals surface area contributed by atoms with Crippen molar-refractivity contribution < 1.29 is 25.2 Å². The monoisotopic (exact) mass is 378 g/mol. The van der Waals surface area contributed by atoms with Crippen LogP contribution in [-0.2, 0) is 17.8 Å². The van der Waals surface area contributed by atoms with Crippen LogP contribution in [0.5, 0.6) is 11.6 Å². The van der Waals surface area contributed by atoms with Gasteiger partial charge < -0.3 is 20.4 Å². The minimum atomic E-state index is -0.806. The number of nitrogens with one attached hydrogen (secondary N) is 1. The molecule has 0 radical (unpaired) electrons. The Bertz CT molecular complexity index is 794. The van der Waals surface area contributed by atoms with Gasteiger partial charge in [-0.25, -0.2) is 4.79 Å². The maximum Gasteiger partial charge on any atom is 0.328 e. The number of carboxylic acid groups (broad SMARTS) is 1. The van der Waals surface area contributed by atoms with Gasteiger partial charge in [-0.3, -0.25) is 14.3 Å². The van der Waals surface area contributed by atoms with Crippen LogP contribution in [0.1, 0.15) is 55.9 Å². The maximum absolute atomic E-state index is 12.0. The Morgan fingerprint density at radius 3 is 2.41 bits per heavy atom. The Hall–Kier alpha value is -2.74. The summed E-state index contributed by atoms with van der Waals surface area (Å²) in [6.45, 7) is 0.242. The fourth-order valence-corrected chi connectivity index (χ4v) is 3.02. The van der Waals surface area contributed by atoms with Crippen molar-refractivity contribution in [2.24, 2.45) is 0 Å². The van der Waals surface area contributed by atoms with Crippen LogP contribution in [-0.4, -0.2) is 35.9 Å². The number of phenolic OH excluding ortho intramolecular Hbond substituents is 1. The van der Waals surface area contributed by atoms with Crippen LogP contribution in [0, 0.1) is 0 Å². The number of hydrogen-bond acceptors (Lipinski definition) is 5. The predicted molar refractivity (Wildman–Crippen MR) is 98.8 cm³/mol. The standard InChI is InChI=1S/C19H26N2O6/c22-14-9-7-13(8-10-14)16(23)11-12-21-15(18(26)20-19(21)27)5-3-1-2-4-6-17(24)25/h7-10,16,22-23,26H,1-6,11-12H2,(H,20,27)(H,24,25). The normalized spacial score (nSPS) is 12.2. The Kier molecular flexibility index (Phi) is 7.48. The molecule has 0 saturated heterocycles. The molecule has 0 saturated carbocycles. The first-order valence-corrected chi connectivity index (χ1v) is 9.08. The quantitative estimate of drug-likeness (QED) is 0.381. The molecule has 0 amide bonds. The Balaban J connectivity index is 1.90. The van der Waals surface area contributed by atoms with Gasteiger partial charge in [0, 0.05) is 13.0 Å². The van der Waals surface area contributed by atoms with E-state index in [0.29, 0.717) is 24.1 Å². The summed E-state index contributed by atoms with van der Waals surface area (Å²) in [4.78, 5) is 24.9. The van der Waals surface area contributed by atoms with Gasteiger partial charge in [-0.05, 0) is 43.4 Å². The van der Waals surface area contributed by atoms with E-state index in [4.69, 9.17) is 5.11 Å². The molecule has 1 heterocycles. The minimum Gasteiger partial charge on any atom is -0.508 e. The van der Waals surface area contributed by atoms with E-state index < -0.39 is 17.8 Å². The Labute approximate surface area is 156 Å². The van der Waals surface area contributed by atoms with Crippen LogP contribution in [0.25, 0.3) is 0 Å². The zero-order chi connectivity index (χ0) is 19.8. The number of hydrogen-bond donors (Lipinski definition) is 5. The SMILES string of the molecule is O=C(O)CCCCCCc1c(O)[nH]c(=O)n1CCC(O)c1ccc(O)cc1. The van der Waals surface area contributed by atoms with E-state index in [1.54, 1.807) is 12.1 Å². The van der Waals surface area contributed by atoms with Crippen molar-refractivity contribution in [1.29, 1.82) is 0 Å². The summed E-state index contributed by atoms with van der Waals surface area (Å²) in [5.74, 6) is -0.854. The second-order valence-electron chi connectivity index (χ2n) is 6.58. The van der Waals surface area contributed by atoms with Crippen molar-refractivity contribution in [3.05, 3.63) is 46.0 Å². The first kappa shape index (κ1) is 20.6. The van der Waals surface area contributed by atoms with Crippen molar-refractivity contribution in [2.75, 3.05) is 0 Å². The lowest BCUT2D eigenvalue weighted by Crippen LogP contribution is -2.20. The number of carbonyl (C=O) groups is 1. The van der Waals surface area contributed by atoms with Gasteiger partial charge in [-0.2, -0.15) is 0 Å². The lowest BCUT2D eigenvalue weighted by atomic mass is 10.1. The van der Waals surface area contributed by atoms with Crippen LogP contribution in [0.15, 0.2) is 29.1 Å². The molecule has 1 aromatic heterocycles. The number of benzene rings is 1. The molecule has 1 unspecified atom stereocenters. The number of aromatic nitrogens is 2. The molecule has 0 fully saturated rings. The van der Waals surface area contributed by atoms with Gasteiger partial charge in [-0.1, -0.05) is 25.0 Å². The second-order valence-corrected chi connectivity index (χ2v) is 6.58. The largest absolute Gasteiger partial charge is 0.508 e. The number of aromatic hydroxyl groups is 2. The fraction of sp³-hybridized carbons (Fsp3) is 0.474. The molecule has 1 aromatic carbocycles. The van der Waals surface area contributed by atoms with Gasteiger partial charge in [0.15, 0.2) is 0 Å². The number of H-pyrrole nitrogens is 1. The summed E-state index contributed by atoms with van der Waals surface area (Å²) in [5, 5.41) is 38.1. The lowest BCUT2D eigenvalue weighted by Gasteiger charge is -2.13. The molecule has 1 atom stereocenters. The molecular weight excluding hydrogens is 352 g/mol. The van der Waals surface area contributed by atoms with Gasteiger partial charge in [0.1, 0.15) is 5.75 Å². The van der Waals surface area contributed by atoms with Crippen LogP contribution in [0.4, 0.5) is 0 Å². The van der Waals surface area contributed by atoms with Crippen LogP contribution in [0.2, 0.25) is 0 Å². The molecule has 2 rings (SSSR count). The van der Waals surface area contributed by atoms with E-state index in [-0.39, 0.29) is 31.0 Å². The molecule has 0 bridgehead atoms. The third-order valence-corrected chi connectivity index (χ3v) is 4.53. The molecule has 0 aliphatic rings. The maximum atomic E-state index is 12.0. The predicted octanol–water partition coefficient (Wildman–Crippen LogP) is 2.29. The number of unbranched alkanes of at least 4 members (excludes halogenated alkanes) is 3. The van der Waals surface area contributed by atoms with Gasteiger partial charge in [-0.15, -0.1) is 0 Å². The molecule has 8 heteroatoms. The lowest BCUT2D eigenvalue weighted by molar-refractivity contribution is -0.137. The van der Waals surface area contributed by atoms with E-state index in [9.17, 15) is 24.9 Å². The van der Waals surface area contributed by atoms with Gasteiger partial charge in [0.05, 0.1) is 11.8 Å². The highest BCUT2D eigenvalue weighted by Gasteiger charge is 2.15. The average molecular weight is 378 g/mol. The van der Waals surface area contributed by atoms with E-state index in [0.717, 1.165) is 19.3 Å². The molecule has 2 aromatic rings. The second kappa shape index (κ2) is 9.82. The Morgan fingerprint density at radius 2 is 1.74 bits per heavy atom. The highest BCUT2D eigenvalue weighted by Crippen LogP contribution is 2.22. The average Bonchev–Trinajstić information content (AvgIpc) is 2.89. The summed E-state index contributed by atoms with van der Waals surface area (Å²) < 4.78 is 1.43. The zero-order valence-electron chi connectivity index (χ0n) is 15.1. The molecule has 8 nitrogen and oxygen atoms in total. The van der Waals surface area contributed by atoms with E-state index >= 15 is 0 Å². The molecule has 0 spiro atoms. The fourth-order valence-electron chi connectivity index (χ4n) is 3.02. The summed E-state index contributed by atoms with van der Waals surface area (Å²) >= 11 is 0. The number of aromatic amines is 1. The van der Waals surface area contributed by atoms with Crippen molar-refractivity contribution >= 4 is 5.97 Å². The molecule has 148 valence electrons. The molecule has 5 N–H and O–H groups in total. The van der Waals surface area contributed by atoms with E-state index in [1.165, 1.54) is 16.7 Å². The van der Waals surface area contributed by atoms with Crippen molar-refractivity contribution in [3.8, 4) is 11.6 Å². The molecule has 27 heavy (non-hydrogen) atoms. The third-order valence-electron chi connectivity index (χ3n) is 4.53. The molecular formula is C19H26N2O6. The van der Waals surface area contributed by atoms with E-state index in [1.807, 2.05) is 0 Å². The number of carboxylic acids is 1. The highest BCUT2D eigenvalue weighted by molar-refractivity contribution is 5.66. The molecule has 0 aliphatic heterocycles. The first-order valence-electron chi connectivity index (χ1n) is 9.08. The Morgan fingerprint density at radius 1 is 1.07 bits per heavy atom. The topological polar surface area (TPSA) is 136 Å². The third kappa shape index (κ3) is 6.18. The summed E-state index contributed by atoms with van der Waals surface area (Å²) in [5.41, 5.74) is 0.711. The summed E-state index contributed by atoms with van der Waals surface area (Å²) in [6.07, 6.45) is 3.06. The van der Waals surface area contributed by atoms with Crippen molar-refractivity contribution in [2.45, 2.75) is 57.6 Å². The number of rotatable bonds is 11. The number of aliphatic carboxylic acids is 1. The first-order chi connectivity index (χ1) is 12.9. The minimum absolute atomic E-state index is 0.114. The van der Waals surface area contributed by atoms with Gasteiger partial charge in [0.25, 0.3) is 0 Å². The van der Waals surface area contributed by atoms with Gasteiger partial charge >= 0.3 is 11.7 Å². The molecule has 0 aliphatic carbocycles. The number of imidazole rings is 1. The number of aliphatic hydroxyl groups is 1. The number of phenols is 1. The van der Waals surface area contributed by atoms with E-state index in [2.05, 4.69) is 4.98 Å². The van der Waals surface area contributed by atoms with Crippen molar-refractivity contribution in [3.63, 3.8) is 0 Å². The van der Waals surface area contributed by atoms with Crippen LogP contribution < -0.4 is 5.69 Å². The highest BCUT2D eigenvalue weighted by atomic mass is 16.4. The zero-order valence-corrected chi connectivity index (χ0v) is 15.1. The van der Waals surface area contributed by atoms with Crippen LogP contribution >= 0.6 is 0 Å². The summed E-state index contributed by atoms with van der Waals surface area (Å²) in [6, 6.07) is 6.22. The smallest absolute Gasteiger partial charge is 0.328 e. The number of aliphatic hydroxyl groups excluding tert-OH is 1. The van der Waals surface area contributed by atoms with Crippen LogP contribution in [0.3, 0.4) is 0 Å². The van der Waals surface area contributed by atoms with Crippen molar-refractivity contribution in [1.82, 2.24) is 9.55 Å². The van der Waals surface area contributed by atoms with Gasteiger partial charge in [0.2, 0.25) is 5.88 Å².